The van der Waals surface area contributed by atoms with E-state index in [1.54, 1.807) is 12.1 Å². The molecule has 0 bridgehead atoms. The SMILES string of the molecule is Oc1ccc(F)cc1/C=N/OCc1cccc(F)c1. The van der Waals surface area contributed by atoms with Crippen molar-refractivity contribution >= 4 is 6.21 Å². The Bertz CT molecular complexity index is 600. The Morgan fingerprint density at radius 1 is 1.11 bits per heavy atom. The van der Waals surface area contributed by atoms with Crippen LogP contribution < -0.4 is 0 Å². The number of aromatic hydroxyl groups is 1. The highest BCUT2D eigenvalue weighted by Crippen LogP contribution is 2.15. The van der Waals surface area contributed by atoms with Gasteiger partial charge in [0.15, 0.2) is 0 Å². The van der Waals surface area contributed by atoms with E-state index in [-0.39, 0.29) is 23.7 Å². The van der Waals surface area contributed by atoms with Crippen molar-refractivity contribution in [2.24, 2.45) is 5.16 Å². The highest BCUT2D eigenvalue weighted by atomic mass is 19.1. The molecule has 0 aliphatic heterocycles. The van der Waals surface area contributed by atoms with Crippen LogP contribution in [0.3, 0.4) is 0 Å². The third-order valence-corrected chi connectivity index (χ3v) is 2.38. The topological polar surface area (TPSA) is 41.8 Å². The first-order valence-corrected chi connectivity index (χ1v) is 5.53. The molecule has 0 saturated carbocycles. The number of oxime groups is 1. The second-order valence-electron chi connectivity index (χ2n) is 3.84. The van der Waals surface area contributed by atoms with Crippen LogP contribution in [-0.2, 0) is 11.4 Å². The zero-order valence-corrected chi connectivity index (χ0v) is 9.88. The molecule has 0 unspecified atom stereocenters. The lowest BCUT2D eigenvalue weighted by Crippen LogP contribution is -1.90. The van der Waals surface area contributed by atoms with Gasteiger partial charge < -0.3 is 9.94 Å². The Kier molecular flexibility index (Phi) is 4.07. The van der Waals surface area contributed by atoms with E-state index >= 15 is 0 Å². The van der Waals surface area contributed by atoms with Crippen LogP contribution in [0, 0.1) is 11.6 Å². The molecule has 0 atom stereocenters. The van der Waals surface area contributed by atoms with Crippen LogP contribution in [0.4, 0.5) is 8.78 Å². The lowest BCUT2D eigenvalue weighted by molar-refractivity contribution is 0.132. The normalized spacial score (nSPS) is 10.8. The van der Waals surface area contributed by atoms with Gasteiger partial charge in [-0.25, -0.2) is 8.78 Å². The van der Waals surface area contributed by atoms with Gasteiger partial charge >= 0.3 is 0 Å². The summed E-state index contributed by atoms with van der Waals surface area (Å²) < 4.78 is 25.8. The molecule has 3 nitrogen and oxygen atoms in total. The highest BCUT2D eigenvalue weighted by molar-refractivity contribution is 5.82. The van der Waals surface area contributed by atoms with Gasteiger partial charge in [0.05, 0.1) is 6.21 Å². The van der Waals surface area contributed by atoms with Gasteiger partial charge in [0.1, 0.15) is 24.0 Å². The number of halogens is 2. The number of phenolic OH excluding ortho intramolecular Hbond substituents is 1. The van der Waals surface area contributed by atoms with Crippen molar-refractivity contribution in [1.82, 2.24) is 0 Å². The van der Waals surface area contributed by atoms with Gasteiger partial charge in [0.25, 0.3) is 0 Å². The predicted octanol–water partition coefficient (Wildman–Crippen LogP) is 3.22. The summed E-state index contributed by atoms with van der Waals surface area (Å²) >= 11 is 0. The summed E-state index contributed by atoms with van der Waals surface area (Å²) in [6.07, 6.45) is 1.19. The average Bonchev–Trinajstić information content (AvgIpc) is 2.39. The van der Waals surface area contributed by atoms with E-state index in [2.05, 4.69) is 5.16 Å². The largest absolute Gasteiger partial charge is 0.507 e. The molecule has 0 aliphatic rings. The summed E-state index contributed by atoms with van der Waals surface area (Å²) in [6, 6.07) is 9.41. The first-order valence-electron chi connectivity index (χ1n) is 5.53. The second-order valence-corrected chi connectivity index (χ2v) is 3.84. The van der Waals surface area contributed by atoms with Crippen molar-refractivity contribution in [2.75, 3.05) is 0 Å². The minimum Gasteiger partial charge on any atom is -0.507 e. The summed E-state index contributed by atoms with van der Waals surface area (Å²) in [4.78, 5) is 4.94. The number of hydrogen-bond donors (Lipinski definition) is 1. The van der Waals surface area contributed by atoms with Crippen molar-refractivity contribution in [2.45, 2.75) is 6.61 Å². The van der Waals surface area contributed by atoms with E-state index in [1.807, 2.05) is 0 Å². The van der Waals surface area contributed by atoms with Crippen LogP contribution in [-0.4, -0.2) is 11.3 Å². The van der Waals surface area contributed by atoms with Crippen LogP contribution in [0.1, 0.15) is 11.1 Å². The molecule has 0 aliphatic carbocycles. The van der Waals surface area contributed by atoms with E-state index in [4.69, 9.17) is 4.84 Å². The van der Waals surface area contributed by atoms with Crippen LogP contribution in [0.2, 0.25) is 0 Å². The second kappa shape index (κ2) is 5.95. The van der Waals surface area contributed by atoms with Gasteiger partial charge in [-0.15, -0.1) is 0 Å². The predicted molar refractivity (Wildman–Crippen MR) is 66.8 cm³/mol. The minimum atomic E-state index is -0.482. The Balaban J connectivity index is 1.95. The van der Waals surface area contributed by atoms with E-state index < -0.39 is 5.82 Å². The number of rotatable bonds is 4. The highest BCUT2D eigenvalue weighted by Gasteiger charge is 2.00. The number of hydrogen-bond acceptors (Lipinski definition) is 3. The molecular formula is C14H11F2NO2. The number of nitrogens with zero attached hydrogens (tertiary/aromatic N) is 1. The molecule has 0 spiro atoms. The van der Waals surface area contributed by atoms with Gasteiger partial charge in [-0.2, -0.15) is 0 Å². The van der Waals surface area contributed by atoms with Gasteiger partial charge in [0.2, 0.25) is 0 Å². The molecule has 0 aromatic heterocycles. The van der Waals surface area contributed by atoms with Crippen molar-refractivity contribution < 1.29 is 18.7 Å². The summed E-state index contributed by atoms with van der Waals surface area (Å²) in [7, 11) is 0. The van der Waals surface area contributed by atoms with E-state index in [0.29, 0.717) is 5.56 Å². The average molecular weight is 263 g/mol. The summed E-state index contributed by atoms with van der Waals surface area (Å²) in [6.45, 7) is 0.0876. The molecule has 5 heteroatoms. The smallest absolute Gasteiger partial charge is 0.142 e. The summed E-state index contributed by atoms with van der Waals surface area (Å²) in [5, 5.41) is 13.0. The van der Waals surface area contributed by atoms with Crippen LogP contribution >= 0.6 is 0 Å². The Morgan fingerprint density at radius 2 is 1.89 bits per heavy atom. The molecule has 0 radical (unpaired) electrons. The molecule has 2 aromatic rings. The minimum absolute atomic E-state index is 0.0876. The Morgan fingerprint density at radius 3 is 2.68 bits per heavy atom. The summed E-state index contributed by atoms with van der Waals surface area (Å²) in [5.41, 5.74) is 0.833. The molecule has 1 N–H and O–H groups in total. The van der Waals surface area contributed by atoms with Crippen molar-refractivity contribution in [3.63, 3.8) is 0 Å². The first-order chi connectivity index (χ1) is 9.15. The van der Waals surface area contributed by atoms with Crippen molar-refractivity contribution in [3.05, 3.63) is 65.2 Å². The molecule has 98 valence electrons. The molecule has 2 rings (SSSR count). The Hall–Kier alpha value is -2.43. The van der Waals surface area contributed by atoms with Crippen LogP contribution in [0.5, 0.6) is 5.75 Å². The summed E-state index contributed by atoms with van der Waals surface area (Å²) in [5.74, 6) is -0.934. The molecule has 2 aromatic carbocycles. The van der Waals surface area contributed by atoms with Crippen LogP contribution in [0.25, 0.3) is 0 Å². The van der Waals surface area contributed by atoms with E-state index in [1.165, 1.54) is 24.4 Å². The third-order valence-electron chi connectivity index (χ3n) is 2.38. The first kappa shape index (κ1) is 13.0. The maximum atomic E-state index is 12.9. The fourth-order valence-corrected chi connectivity index (χ4v) is 1.46. The third kappa shape index (κ3) is 3.77. The monoisotopic (exact) mass is 263 g/mol. The standard InChI is InChI=1S/C14H11F2NO2/c15-12-3-1-2-10(6-12)9-19-17-8-11-7-13(16)4-5-14(11)18/h1-8,18H,9H2/b17-8+. The molecule has 0 heterocycles. The van der Waals surface area contributed by atoms with Gasteiger partial charge in [-0.3, -0.25) is 0 Å². The van der Waals surface area contributed by atoms with Gasteiger partial charge in [-0.05, 0) is 35.9 Å². The van der Waals surface area contributed by atoms with Gasteiger partial charge in [0, 0.05) is 5.56 Å². The zero-order valence-electron chi connectivity index (χ0n) is 9.88. The van der Waals surface area contributed by atoms with Crippen molar-refractivity contribution in [3.8, 4) is 5.75 Å². The molecule has 0 amide bonds. The lowest BCUT2D eigenvalue weighted by Gasteiger charge is -2.01. The molecule has 0 saturated heterocycles. The maximum absolute atomic E-state index is 12.9. The fraction of sp³-hybridized carbons (Fsp3) is 0.0714. The van der Waals surface area contributed by atoms with E-state index in [0.717, 1.165) is 12.1 Å². The quantitative estimate of drug-likeness (QED) is 0.679. The zero-order chi connectivity index (χ0) is 13.7. The van der Waals surface area contributed by atoms with E-state index in [9.17, 15) is 13.9 Å². The number of benzene rings is 2. The maximum Gasteiger partial charge on any atom is 0.142 e. The lowest BCUT2D eigenvalue weighted by atomic mass is 10.2. The van der Waals surface area contributed by atoms with Crippen LogP contribution in [0.15, 0.2) is 47.6 Å². The molecule has 0 fully saturated rings. The molecule has 19 heavy (non-hydrogen) atoms. The molecular weight excluding hydrogens is 252 g/mol. The fourth-order valence-electron chi connectivity index (χ4n) is 1.46. The Labute approximate surface area is 108 Å². The van der Waals surface area contributed by atoms with Crippen molar-refractivity contribution in [1.29, 1.82) is 0 Å². The van der Waals surface area contributed by atoms with Gasteiger partial charge in [-0.1, -0.05) is 17.3 Å². The number of phenols is 1.